The lowest BCUT2D eigenvalue weighted by Crippen LogP contribution is -2.05. The van der Waals surface area contributed by atoms with Crippen LogP contribution in [-0.4, -0.2) is 23.9 Å². The second-order valence-corrected chi connectivity index (χ2v) is 3.41. The van der Waals surface area contributed by atoms with Crippen LogP contribution in [0.1, 0.15) is 5.56 Å². The van der Waals surface area contributed by atoms with Gasteiger partial charge in [0.1, 0.15) is 0 Å². The molecule has 1 rings (SSSR count). The van der Waals surface area contributed by atoms with Crippen LogP contribution < -0.4 is 0 Å². The highest BCUT2D eigenvalue weighted by Crippen LogP contribution is 2.15. The molecule has 1 aromatic carbocycles. The van der Waals surface area contributed by atoms with Gasteiger partial charge in [-0.25, -0.2) is 4.79 Å². The zero-order valence-corrected chi connectivity index (χ0v) is 9.81. The summed E-state index contributed by atoms with van der Waals surface area (Å²) in [4.78, 5) is 21.2. The monoisotopic (exact) mass is 255 g/mol. The minimum absolute atomic E-state index is 0.00681. The minimum Gasteiger partial charge on any atom is -0.466 e. The number of rotatable bonds is 4. The molecule has 6 heteroatoms. The Bertz CT molecular complexity index is 453. The third-order valence-electron chi connectivity index (χ3n) is 2.04. The normalized spacial score (nSPS) is 11.1. The Morgan fingerprint density at radius 3 is 2.47 bits per heavy atom. The summed E-state index contributed by atoms with van der Waals surface area (Å²) in [6, 6.07) is 5.78. The highest BCUT2D eigenvalue weighted by atomic mass is 35.5. The molecule has 0 atom stereocenters. The average Bonchev–Trinajstić information content (AvgIpc) is 2.35. The molecule has 0 N–H and O–H groups in total. The molecule has 0 spiro atoms. The highest BCUT2D eigenvalue weighted by Gasteiger charge is 2.09. The second kappa shape index (κ2) is 6.00. The lowest BCUT2D eigenvalue weighted by Gasteiger charge is -2.01. The first-order valence-electron chi connectivity index (χ1n) is 4.67. The first-order chi connectivity index (χ1) is 8.08. The number of esters is 1. The number of nitrogens with zero attached hydrogens (tertiary/aromatic N) is 1. The van der Waals surface area contributed by atoms with Crippen LogP contribution in [0.15, 0.2) is 29.8 Å². The van der Waals surface area contributed by atoms with E-state index < -0.39 is 10.9 Å². The smallest absolute Gasteiger partial charge is 0.334 e. The Hall–Kier alpha value is -1.88. The molecule has 0 aliphatic carbocycles. The zero-order chi connectivity index (χ0) is 12.8. The molecule has 0 unspecified atom stereocenters. The van der Waals surface area contributed by atoms with E-state index in [0.717, 1.165) is 0 Å². The maximum absolute atomic E-state index is 11.2. The van der Waals surface area contributed by atoms with E-state index in [9.17, 15) is 14.9 Å². The van der Waals surface area contributed by atoms with Crippen LogP contribution in [-0.2, 0) is 9.53 Å². The number of nitro groups is 1. The number of carbonyl (C=O) groups excluding carboxylic acids is 1. The van der Waals surface area contributed by atoms with Crippen LogP contribution >= 0.6 is 11.6 Å². The van der Waals surface area contributed by atoms with Crippen molar-refractivity contribution in [1.29, 1.82) is 0 Å². The Morgan fingerprint density at radius 2 is 2.06 bits per heavy atom. The summed E-state index contributed by atoms with van der Waals surface area (Å²) in [6.45, 7) is 0. The highest BCUT2D eigenvalue weighted by molar-refractivity contribution is 6.23. The van der Waals surface area contributed by atoms with Gasteiger partial charge in [0.25, 0.3) is 5.69 Å². The van der Waals surface area contributed by atoms with Gasteiger partial charge in [0.05, 0.1) is 23.5 Å². The molecular weight excluding hydrogens is 246 g/mol. The Labute approximate surface area is 103 Å². The summed E-state index contributed by atoms with van der Waals surface area (Å²) in [5.41, 5.74) is 0.937. The number of non-ortho nitro benzene ring substituents is 1. The molecule has 5 nitrogen and oxygen atoms in total. The molecule has 0 saturated heterocycles. The van der Waals surface area contributed by atoms with E-state index in [4.69, 9.17) is 11.6 Å². The molecule has 0 radical (unpaired) electrons. The molecule has 0 amide bonds. The van der Waals surface area contributed by atoms with Crippen molar-refractivity contribution >= 4 is 29.3 Å². The first kappa shape index (κ1) is 13.2. The van der Waals surface area contributed by atoms with E-state index in [0.29, 0.717) is 11.1 Å². The fraction of sp³-hybridized carbons (Fsp3) is 0.182. The van der Waals surface area contributed by atoms with Crippen molar-refractivity contribution in [2.75, 3.05) is 13.0 Å². The zero-order valence-electron chi connectivity index (χ0n) is 9.05. The molecule has 0 aliphatic heterocycles. The molecule has 17 heavy (non-hydrogen) atoms. The fourth-order valence-electron chi connectivity index (χ4n) is 1.18. The van der Waals surface area contributed by atoms with Gasteiger partial charge in [-0.3, -0.25) is 10.1 Å². The number of alkyl halides is 1. The molecule has 0 aliphatic rings. The van der Waals surface area contributed by atoms with Crippen molar-refractivity contribution in [3.63, 3.8) is 0 Å². The quantitative estimate of drug-likeness (QED) is 0.272. The van der Waals surface area contributed by atoms with E-state index in [-0.39, 0.29) is 11.6 Å². The van der Waals surface area contributed by atoms with Crippen LogP contribution in [0.3, 0.4) is 0 Å². The Balaban J connectivity index is 2.97. The molecule has 90 valence electrons. The lowest BCUT2D eigenvalue weighted by molar-refractivity contribution is -0.384. The van der Waals surface area contributed by atoms with E-state index in [1.807, 2.05) is 0 Å². The van der Waals surface area contributed by atoms with Gasteiger partial charge in [0, 0.05) is 12.1 Å². The Kier molecular flexibility index (Phi) is 4.66. The van der Waals surface area contributed by atoms with Gasteiger partial charge >= 0.3 is 5.97 Å². The molecule has 0 bridgehead atoms. The van der Waals surface area contributed by atoms with Gasteiger partial charge in [0.15, 0.2) is 0 Å². The number of benzene rings is 1. The number of carbonyl (C=O) groups is 1. The summed E-state index contributed by atoms with van der Waals surface area (Å²) >= 11 is 5.60. The summed E-state index contributed by atoms with van der Waals surface area (Å²) in [5, 5.41) is 10.4. The summed E-state index contributed by atoms with van der Waals surface area (Å²) < 4.78 is 4.54. The van der Waals surface area contributed by atoms with Gasteiger partial charge < -0.3 is 4.74 Å². The van der Waals surface area contributed by atoms with Crippen molar-refractivity contribution < 1.29 is 14.5 Å². The topological polar surface area (TPSA) is 69.4 Å². The molecule has 0 fully saturated rings. The van der Waals surface area contributed by atoms with Crippen molar-refractivity contribution in [2.24, 2.45) is 0 Å². The first-order valence-corrected chi connectivity index (χ1v) is 5.21. The number of nitro benzene ring substituents is 1. The molecular formula is C11H10ClNO4. The number of ether oxygens (including phenoxy) is 1. The number of halogens is 1. The number of hydrogen-bond donors (Lipinski definition) is 0. The van der Waals surface area contributed by atoms with E-state index in [2.05, 4.69) is 4.74 Å². The van der Waals surface area contributed by atoms with Crippen LogP contribution in [0.2, 0.25) is 0 Å². The lowest BCUT2D eigenvalue weighted by atomic mass is 10.1. The number of methoxy groups -OCH3 is 1. The molecule has 1 aromatic rings. The van der Waals surface area contributed by atoms with E-state index in [1.54, 1.807) is 0 Å². The van der Waals surface area contributed by atoms with Crippen molar-refractivity contribution in [1.82, 2.24) is 0 Å². The van der Waals surface area contributed by atoms with Gasteiger partial charge in [-0.2, -0.15) is 0 Å². The SMILES string of the molecule is COC(=O)/C(=C\c1ccc([N+](=O)[O-])cc1)CCl. The van der Waals surface area contributed by atoms with Crippen LogP contribution in [0.4, 0.5) is 5.69 Å². The van der Waals surface area contributed by atoms with Crippen molar-refractivity contribution in [3.8, 4) is 0 Å². The maximum Gasteiger partial charge on any atom is 0.334 e. The fourth-order valence-corrected chi connectivity index (χ4v) is 1.36. The molecule has 0 aromatic heterocycles. The predicted molar refractivity (Wildman–Crippen MR) is 63.8 cm³/mol. The van der Waals surface area contributed by atoms with Crippen LogP contribution in [0.5, 0.6) is 0 Å². The standard InChI is InChI=1S/C11H10ClNO4/c1-17-11(14)9(7-12)6-8-2-4-10(5-3-8)13(15)16/h2-6H,7H2,1H3/b9-6-. The summed E-state index contributed by atoms with van der Waals surface area (Å²) in [6.07, 6.45) is 1.53. The van der Waals surface area contributed by atoms with Crippen molar-refractivity contribution in [2.45, 2.75) is 0 Å². The molecule has 0 saturated carbocycles. The largest absolute Gasteiger partial charge is 0.466 e. The molecule has 0 heterocycles. The third-order valence-corrected chi connectivity index (χ3v) is 2.32. The third kappa shape index (κ3) is 3.57. The van der Waals surface area contributed by atoms with E-state index in [1.165, 1.54) is 37.5 Å². The van der Waals surface area contributed by atoms with Gasteiger partial charge in [-0.1, -0.05) is 0 Å². The van der Waals surface area contributed by atoms with E-state index >= 15 is 0 Å². The maximum atomic E-state index is 11.2. The van der Waals surface area contributed by atoms with Crippen LogP contribution in [0.25, 0.3) is 6.08 Å². The Morgan fingerprint density at radius 1 is 1.47 bits per heavy atom. The van der Waals surface area contributed by atoms with Gasteiger partial charge in [-0.15, -0.1) is 11.6 Å². The van der Waals surface area contributed by atoms with Crippen molar-refractivity contribution in [3.05, 3.63) is 45.5 Å². The number of hydrogen-bond acceptors (Lipinski definition) is 4. The minimum atomic E-state index is -0.515. The summed E-state index contributed by atoms with van der Waals surface area (Å²) in [5.74, 6) is -0.498. The average molecular weight is 256 g/mol. The van der Waals surface area contributed by atoms with Gasteiger partial charge in [0.2, 0.25) is 0 Å². The second-order valence-electron chi connectivity index (χ2n) is 3.14. The van der Waals surface area contributed by atoms with Crippen LogP contribution in [0, 0.1) is 10.1 Å². The summed E-state index contributed by atoms with van der Waals surface area (Å²) in [7, 11) is 1.26. The van der Waals surface area contributed by atoms with Gasteiger partial charge in [-0.05, 0) is 23.8 Å². The predicted octanol–water partition coefficient (Wildman–Crippen LogP) is 2.39.